The minimum Gasteiger partial charge on any atom is -0.490 e. The molecule has 1 N–H and O–H groups in total. The summed E-state index contributed by atoms with van der Waals surface area (Å²) in [5.41, 5.74) is 1.48. The highest BCUT2D eigenvalue weighted by Crippen LogP contribution is 2.36. The molecule has 0 aromatic carbocycles. The van der Waals surface area contributed by atoms with Crippen molar-refractivity contribution in [2.45, 2.75) is 43.8 Å². The lowest BCUT2D eigenvalue weighted by atomic mass is 10.1. The summed E-state index contributed by atoms with van der Waals surface area (Å²) in [7, 11) is 0. The third-order valence-electron chi connectivity index (χ3n) is 7.12. The molecule has 200 valence electrons. The van der Waals surface area contributed by atoms with E-state index in [1.165, 1.54) is 24.5 Å². The molecule has 1 saturated heterocycles. The largest absolute Gasteiger partial charge is 0.490 e. The standard InChI is InChI=1S/C28H26F2N6O3/c29-27(30)23-3-2-21(16-32-23)39-20-5-9-35(10-6-20)25-4-1-18(14-33-25)24-11-22(38-17-28(37)7-8-28)12-26-34-15-19(13-31)36(24)26/h1-4,11-12,14-16,20,27,37H,5-10,17H2. The number of hydrogen-bond acceptors (Lipinski definition) is 8. The molecule has 9 nitrogen and oxygen atoms in total. The van der Waals surface area contributed by atoms with Gasteiger partial charge in [0.05, 0.1) is 23.7 Å². The second-order valence-corrected chi connectivity index (χ2v) is 9.97. The van der Waals surface area contributed by atoms with Gasteiger partial charge in [-0.1, -0.05) is 0 Å². The average molecular weight is 533 g/mol. The molecule has 5 heterocycles. The van der Waals surface area contributed by atoms with Gasteiger partial charge in [-0.15, -0.1) is 0 Å². The first-order valence-electron chi connectivity index (χ1n) is 12.8. The lowest BCUT2D eigenvalue weighted by Gasteiger charge is -2.33. The van der Waals surface area contributed by atoms with Gasteiger partial charge in [-0.3, -0.25) is 9.38 Å². The van der Waals surface area contributed by atoms with Gasteiger partial charge in [-0.2, -0.15) is 5.26 Å². The van der Waals surface area contributed by atoms with E-state index in [1.54, 1.807) is 16.7 Å². The second-order valence-electron chi connectivity index (χ2n) is 9.97. The average Bonchev–Trinajstić information content (AvgIpc) is 3.55. The van der Waals surface area contributed by atoms with Crippen LogP contribution in [0.1, 0.15) is 43.5 Å². The van der Waals surface area contributed by atoms with Crippen molar-refractivity contribution in [3.63, 3.8) is 0 Å². The minimum absolute atomic E-state index is 0.0323. The number of aromatic nitrogens is 4. The van der Waals surface area contributed by atoms with Crippen LogP contribution in [-0.4, -0.2) is 55.9 Å². The van der Waals surface area contributed by atoms with Crippen LogP contribution in [0.2, 0.25) is 0 Å². The Morgan fingerprint density at radius 3 is 2.49 bits per heavy atom. The number of alkyl halides is 2. The minimum atomic E-state index is -2.60. The van der Waals surface area contributed by atoms with E-state index < -0.39 is 12.0 Å². The Labute approximate surface area is 223 Å². The number of hydrogen-bond donors (Lipinski definition) is 1. The fourth-order valence-corrected chi connectivity index (χ4v) is 4.68. The van der Waals surface area contributed by atoms with Gasteiger partial charge in [0, 0.05) is 49.8 Å². The zero-order valence-electron chi connectivity index (χ0n) is 21.0. The van der Waals surface area contributed by atoms with Crippen molar-refractivity contribution in [1.29, 1.82) is 5.26 Å². The molecule has 0 atom stereocenters. The monoisotopic (exact) mass is 532 g/mol. The third-order valence-corrected chi connectivity index (χ3v) is 7.12. The van der Waals surface area contributed by atoms with E-state index in [0.717, 1.165) is 55.8 Å². The summed E-state index contributed by atoms with van der Waals surface area (Å²) in [5.74, 6) is 1.88. The molecule has 4 aromatic heterocycles. The molecule has 2 fully saturated rings. The van der Waals surface area contributed by atoms with E-state index >= 15 is 0 Å². The number of imidazole rings is 1. The number of piperidine rings is 1. The van der Waals surface area contributed by atoms with Crippen molar-refractivity contribution in [3.8, 4) is 28.8 Å². The first-order chi connectivity index (χ1) is 18.9. The fraction of sp³-hybridized carbons (Fsp3) is 0.357. The van der Waals surface area contributed by atoms with Gasteiger partial charge in [0.2, 0.25) is 0 Å². The van der Waals surface area contributed by atoms with Crippen LogP contribution >= 0.6 is 0 Å². The lowest BCUT2D eigenvalue weighted by molar-refractivity contribution is 0.0857. The predicted molar refractivity (Wildman–Crippen MR) is 138 cm³/mol. The third kappa shape index (κ3) is 5.33. The van der Waals surface area contributed by atoms with Crippen LogP contribution in [0, 0.1) is 11.3 Å². The van der Waals surface area contributed by atoms with E-state index in [0.29, 0.717) is 22.8 Å². The maximum absolute atomic E-state index is 12.7. The zero-order chi connectivity index (χ0) is 27.0. The maximum Gasteiger partial charge on any atom is 0.280 e. The quantitative estimate of drug-likeness (QED) is 0.352. The Hall–Kier alpha value is -4.30. The van der Waals surface area contributed by atoms with Crippen molar-refractivity contribution in [2.24, 2.45) is 0 Å². The summed E-state index contributed by atoms with van der Waals surface area (Å²) in [6, 6.07) is 12.5. The van der Waals surface area contributed by atoms with Crippen molar-refractivity contribution in [1.82, 2.24) is 19.4 Å². The number of pyridine rings is 3. The number of rotatable bonds is 8. The number of aliphatic hydroxyl groups is 1. The molecule has 0 bridgehead atoms. The van der Waals surface area contributed by atoms with Gasteiger partial charge in [0.25, 0.3) is 6.43 Å². The van der Waals surface area contributed by atoms with Crippen LogP contribution in [0.4, 0.5) is 14.6 Å². The first-order valence-corrected chi connectivity index (χ1v) is 12.8. The van der Waals surface area contributed by atoms with Gasteiger partial charge in [0.1, 0.15) is 53.1 Å². The van der Waals surface area contributed by atoms with Gasteiger partial charge in [-0.05, 0) is 37.1 Å². The molecule has 0 radical (unpaired) electrons. The molecule has 39 heavy (non-hydrogen) atoms. The number of anilines is 1. The fourth-order valence-electron chi connectivity index (χ4n) is 4.68. The molecule has 0 spiro atoms. The Bertz CT molecular complexity index is 1510. The molecule has 6 rings (SSSR count). The molecule has 1 saturated carbocycles. The molecular formula is C28H26F2N6O3. The molecule has 1 aliphatic carbocycles. The Kier molecular flexibility index (Phi) is 6.48. The zero-order valence-corrected chi connectivity index (χ0v) is 21.0. The van der Waals surface area contributed by atoms with Crippen molar-refractivity contribution >= 4 is 11.5 Å². The Morgan fingerprint density at radius 2 is 1.85 bits per heavy atom. The smallest absolute Gasteiger partial charge is 0.280 e. The summed E-state index contributed by atoms with van der Waals surface area (Å²) in [4.78, 5) is 15.0. The molecule has 11 heteroatoms. The molecule has 1 aliphatic heterocycles. The van der Waals surface area contributed by atoms with Gasteiger partial charge >= 0.3 is 0 Å². The van der Waals surface area contributed by atoms with Gasteiger partial charge in [0.15, 0.2) is 0 Å². The van der Waals surface area contributed by atoms with Crippen LogP contribution in [0.25, 0.3) is 16.9 Å². The van der Waals surface area contributed by atoms with E-state index in [4.69, 9.17) is 14.5 Å². The highest BCUT2D eigenvalue weighted by atomic mass is 19.3. The lowest BCUT2D eigenvalue weighted by Crippen LogP contribution is -2.38. The van der Waals surface area contributed by atoms with Crippen molar-refractivity contribution in [3.05, 3.63) is 66.4 Å². The SMILES string of the molecule is N#Cc1cnc2cc(OCC3(O)CC3)cc(-c3ccc(N4CCC(Oc5ccc(C(F)F)nc5)CC4)nc3)n12. The van der Waals surface area contributed by atoms with Crippen molar-refractivity contribution < 1.29 is 23.4 Å². The van der Waals surface area contributed by atoms with Crippen LogP contribution in [0.3, 0.4) is 0 Å². The van der Waals surface area contributed by atoms with E-state index in [-0.39, 0.29) is 18.4 Å². The van der Waals surface area contributed by atoms with Crippen LogP contribution < -0.4 is 14.4 Å². The number of fused-ring (bicyclic) bond motifs is 1. The van der Waals surface area contributed by atoms with Gasteiger partial charge in [-0.25, -0.2) is 18.7 Å². The highest BCUT2D eigenvalue weighted by Gasteiger charge is 2.41. The van der Waals surface area contributed by atoms with Crippen LogP contribution in [-0.2, 0) is 0 Å². The molecule has 4 aromatic rings. The molecule has 2 aliphatic rings. The Balaban J connectivity index is 1.15. The molecular weight excluding hydrogens is 506 g/mol. The molecule has 0 unspecified atom stereocenters. The topological polar surface area (TPSA) is 109 Å². The van der Waals surface area contributed by atoms with Gasteiger partial charge < -0.3 is 19.5 Å². The highest BCUT2D eigenvalue weighted by molar-refractivity contribution is 5.68. The summed E-state index contributed by atoms with van der Waals surface area (Å²) in [6.45, 7) is 1.68. The van der Waals surface area contributed by atoms with E-state index in [9.17, 15) is 19.1 Å². The van der Waals surface area contributed by atoms with E-state index in [2.05, 4.69) is 20.9 Å². The number of nitriles is 1. The summed E-state index contributed by atoms with van der Waals surface area (Å²) in [5, 5.41) is 19.8. The van der Waals surface area contributed by atoms with Crippen LogP contribution in [0.5, 0.6) is 11.5 Å². The first kappa shape index (κ1) is 25.0. The summed E-state index contributed by atoms with van der Waals surface area (Å²) >= 11 is 0. The number of ether oxygens (including phenoxy) is 2. The number of nitrogens with zero attached hydrogens (tertiary/aromatic N) is 6. The predicted octanol–water partition coefficient (Wildman–Crippen LogP) is 4.55. The van der Waals surface area contributed by atoms with E-state index in [1.807, 2.05) is 18.2 Å². The normalized spacial score (nSPS) is 16.8. The summed E-state index contributed by atoms with van der Waals surface area (Å²) < 4.78 is 39.0. The Morgan fingerprint density at radius 1 is 1.03 bits per heavy atom. The van der Waals surface area contributed by atoms with Crippen LogP contribution in [0.15, 0.2) is 55.0 Å². The maximum atomic E-state index is 12.7. The van der Waals surface area contributed by atoms with Crippen molar-refractivity contribution in [2.75, 3.05) is 24.6 Å². The summed E-state index contributed by atoms with van der Waals surface area (Å²) in [6.07, 6.45) is 4.97. The second kappa shape index (κ2) is 10.1. The molecule has 0 amide bonds. The number of halogens is 2.